The number of piperazine rings is 2. The molecule has 2 aromatic carbocycles. The predicted octanol–water partition coefficient (Wildman–Crippen LogP) is 3.99. The van der Waals surface area contributed by atoms with Crippen molar-refractivity contribution in [3.05, 3.63) is 70.8 Å². The van der Waals surface area contributed by atoms with Crippen molar-refractivity contribution in [2.24, 2.45) is 11.7 Å². The summed E-state index contributed by atoms with van der Waals surface area (Å²) in [6.45, 7) is 14.5. The SMILES string of the molecule is CCC(=O)N[C@@H](C(=O)N1CCN(C)CC1)[C@@H](C)c1ccc(CN)cc1.CCC(=O)N[C@@H](C(=O)N1CCN(C)CC1)[C@@H](C)c1ccc(CNC(=O)[C@@H]([B]OC=N)C2CCCCCC2)cc1. The highest BCUT2D eigenvalue weighted by Gasteiger charge is 2.35. The van der Waals surface area contributed by atoms with Crippen molar-refractivity contribution in [3.8, 4) is 0 Å². The molecule has 1 radical (unpaired) electrons. The minimum absolute atomic E-state index is 0.00491. The van der Waals surface area contributed by atoms with Crippen LogP contribution >= 0.6 is 0 Å². The highest BCUT2D eigenvalue weighted by atomic mass is 16.4. The molecule has 0 spiro atoms. The Morgan fingerprint density at radius 1 is 0.703 bits per heavy atom. The third-order valence-electron chi connectivity index (χ3n) is 13.2. The van der Waals surface area contributed by atoms with Gasteiger partial charge in [0.05, 0.1) is 5.82 Å². The second-order valence-electron chi connectivity index (χ2n) is 17.7. The van der Waals surface area contributed by atoms with Crippen LogP contribution in [0.1, 0.15) is 113 Å². The maximum Gasteiger partial charge on any atom is 0.384 e. The molecule has 6 N–H and O–H groups in total. The molecule has 5 amide bonds. The molecule has 0 aromatic heterocycles. The molecule has 2 saturated heterocycles. The number of nitrogens with one attached hydrogen (secondary N) is 4. The summed E-state index contributed by atoms with van der Waals surface area (Å²) in [5.41, 5.74) is 9.64. The molecular weight excluding hydrogens is 809 g/mol. The van der Waals surface area contributed by atoms with E-state index in [1.54, 1.807) is 13.8 Å². The fourth-order valence-electron chi connectivity index (χ4n) is 8.57. The van der Waals surface area contributed by atoms with E-state index >= 15 is 0 Å². The quantitative estimate of drug-likeness (QED) is 0.0638. The Hall–Kier alpha value is -4.80. The molecule has 1 saturated carbocycles. The van der Waals surface area contributed by atoms with E-state index in [2.05, 4.69) is 32.8 Å². The third-order valence-corrected chi connectivity index (χ3v) is 13.2. The first kappa shape index (κ1) is 51.8. The number of rotatable bonds is 18. The summed E-state index contributed by atoms with van der Waals surface area (Å²) < 4.78 is 5.12. The Labute approximate surface area is 382 Å². The van der Waals surface area contributed by atoms with Crippen LogP contribution in [-0.2, 0) is 41.7 Å². The smallest absolute Gasteiger partial charge is 0.384 e. The molecule has 0 unspecified atom stereocenters. The maximum atomic E-state index is 13.4. The predicted molar refractivity (Wildman–Crippen MR) is 253 cm³/mol. The molecule has 351 valence electrons. The lowest BCUT2D eigenvalue weighted by Crippen LogP contribution is -2.55. The van der Waals surface area contributed by atoms with Crippen LogP contribution in [0.25, 0.3) is 0 Å². The molecule has 1 aliphatic carbocycles. The van der Waals surface area contributed by atoms with Gasteiger partial charge in [0.2, 0.25) is 29.5 Å². The monoisotopic (exact) mass is 885 g/mol. The van der Waals surface area contributed by atoms with E-state index in [1.807, 2.05) is 79.2 Å². The highest BCUT2D eigenvalue weighted by molar-refractivity contribution is 6.39. The van der Waals surface area contributed by atoms with Crippen LogP contribution in [0.15, 0.2) is 48.5 Å². The first-order valence-corrected chi connectivity index (χ1v) is 23.5. The van der Waals surface area contributed by atoms with Gasteiger partial charge in [-0.05, 0) is 42.3 Å². The zero-order chi connectivity index (χ0) is 46.6. The summed E-state index contributed by atoms with van der Waals surface area (Å²) in [6, 6.07) is 14.6. The van der Waals surface area contributed by atoms with Crippen molar-refractivity contribution in [1.82, 2.24) is 35.6 Å². The Kier molecular flexibility index (Phi) is 21.8. The zero-order valence-electron chi connectivity index (χ0n) is 39.3. The number of likely N-dealkylation sites (N-methyl/N-ethyl adjacent to an activating group) is 2. The first-order chi connectivity index (χ1) is 30.8. The van der Waals surface area contributed by atoms with Gasteiger partial charge in [0, 0.05) is 90.1 Å². The van der Waals surface area contributed by atoms with E-state index in [0.717, 1.165) is 80.5 Å². The van der Waals surface area contributed by atoms with Gasteiger partial charge in [-0.3, -0.25) is 29.4 Å². The molecule has 5 atom stereocenters. The van der Waals surface area contributed by atoms with Crippen LogP contribution in [0.4, 0.5) is 0 Å². The van der Waals surface area contributed by atoms with Crippen LogP contribution in [0.5, 0.6) is 0 Å². The number of benzene rings is 2. The molecule has 64 heavy (non-hydrogen) atoms. The largest absolute Gasteiger partial charge is 0.555 e. The lowest BCUT2D eigenvalue weighted by molar-refractivity contribution is -0.138. The zero-order valence-corrected chi connectivity index (χ0v) is 39.3. The number of carbonyl (C=O) groups is 5. The van der Waals surface area contributed by atoms with Gasteiger partial charge in [0.25, 0.3) is 0 Å². The van der Waals surface area contributed by atoms with Crippen LogP contribution < -0.4 is 21.7 Å². The topological polar surface area (TPSA) is 194 Å². The Balaban J connectivity index is 0.000000309. The van der Waals surface area contributed by atoms with Gasteiger partial charge in [-0.2, -0.15) is 0 Å². The fourth-order valence-corrected chi connectivity index (χ4v) is 8.57. The van der Waals surface area contributed by atoms with Crippen LogP contribution in [0.2, 0.25) is 5.82 Å². The van der Waals surface area contributed by atoms with Crippen LogP contribution in [0, 0.1) is 11.3 Å². The summed E-state index contributed by atoms with van der Waals surface area (Å²) in [6.07, 6.45) is 8.16. The average molecular weight is 885 g/mol. The number of carbonyl (C=O) groups excluding carboxylic acids is 5. The van der Waals surface area contributed by atoms with E-state index in [9.17, 15) is 24.0 Å². The standard InChI is InChI=1S/C29H45BN5O4.C19H30N4O2/c1-4-25(36)33-27(29(38)35-17-15-34(3)16-18-35)21(2)23-13-11-22(12-14-23)19-32-28(37)26(30-39-20-31)24-9-7-5-6-8-10-24;1-4-17(24)21-18(19(25)23-11-9-22(3)10-12-23)14(2)16-7-5-15(13-20)6-8-16/h11-14,20-21,24,26-27,31H,4-10,15-19H2,1-3H3,(H,32,37)(H,33,36);5-8,14,18H,4,9-13,20H2,1-3H3,(H,21,24)/t21-,26-,27+;14-,18+/m00/s1. The normalized spacial score (nSPS) is 18.7. The molecule has 0 bridgehead atoms. The van der Waals surface area contributed by atoms with E-state index in [0.29, 0.717) is 52.1 Å². The summed E-state index contributed by atoms with van der Waals surface area (Å²) in [4.78, 5) is 72.0. The molecule has 3 aliphatic rings. The minimum Gasteiger partial charge on any atom is -0.555 e. The number of hydrogen-bond donors (Lipinski definition) is 5. The summed E-state index contributed by atoms with van der Waals surface area (Å²) in [5, 5.41) is 16.1. The van der Waals surface area contributed by atoms with Crippen molar-refractivity contribution in [2.75, 3.05) is 66.5 Å². The van der Waals surface area contributed by atoms with E-state index in [-0.39, 0.29) is 53.1 Å². The van der Waals surface area contributed by atoms with Gasteiger partial charge in [-0.1, -0.05) is 115 Å². The third kappa shape index (κ3) is 15.7. The molecule has 5 rings (SSSR count). The van der Waals surface area contributed by atoms with Gasteiger partial charge in [-0.25, -0.2) is 0 Å². The van der Waals surface area contributed by atoms with Crippen molar-refractivity contribution < 1.29 is 28.6 Å². The van der Waals surface area contributed by atoms with Crippen LogP contribution in [0.3, 0.4) is 0 Å². The molecule has 3 fully saturated rings. The Morgan fingerprint density at radius 2 is 1.12 bits per heavy atom. The Bertz CT molecular complexity index is 1780. The summed E-state index contributed by atoms with van der Waals surface area (Å²) >= 11 is 0. The van der Waals surface area contributed by atoms with Crippen LogP contribution in [-0.4, -0.2) is 142 Å². The fraction of sp³-hybridized carbons (Fsp3) is 0.625. The van der Waals surface area contributed by atoms with Crippen molar-refractivity contribution >= 4 is 43.4 Å². The first-order valence-electron chi connectivity index (χ1n) is 23.5. The second-order valence-corrected chi connectivity index (χ2v) is 17.7. The molecule has 15 nitrogen and oxygen atoms in total. The minimum atomic E-state index is -0.629. The van der Waals surface area contributed by atoms with Gasteiger partial charge in [0.1, 0.15) is 18.5 Å². The van der Waals surface area contributed by atoms with Gasteiger partial charge in [-0.15, -0.1) is 0 Å². The molecular formula is C48H75BN9O6. The summed E-state index contributed by atoms with van der Waals surface area (Å²) in [7, 11) is 5.61. The molecule has 2 aliphatic heterocycles. The van der Waals surface area contributed by atoms with E-state index in [4.69, 9.17) is 15.8 Å². The number of amides is 5. The molecule has 2 aromatic rings. The van der Waals surface area contributed by atoms with Gasteiger partial charge >= 0.3 is 7.48 Å². The van der Waals surface area contributed by atoms with Gasteiger partial charge in [0.15, 0.2) is 0 Å². The number of hydrogen-bond acceptors (Lipinski definition) is 10. The number of nitrogens with two attached hydrogens (primary N) is 1. The average Bonchev–Trinajstić information content (AvgIpc) is 3.61. The lowest BCUT2D eigenvalue weighted by Gasteiger charge is -2.36. The van der Waals surface area contributed by atoms with Crippen molar-refractivity contribution in [3.63, 3.8) is 0 Å². The molecule has 2 heterocycles. The number of nitrogens with zero attached hydrogens (tertiary/aromatic N) is 4. The van der Waals surface area contributed by atoms with E-state index < -0.39 is 12.1 Å². The molecule has 16 heteroatoms. The highest BCUT2D eigenvalue weighted by Crippen LogP contribution is 2.33. The second kappa shape index (κ2) is 26.9. The lowest BCUT2D eigenvalue weighted by atomic mass is 9.68. The van der Waals surface area contributed by atoms with Crippen molar-refractivity contribution in [2.45, 2.75) is 122 Å². The Morgan fingerprint density at radius 3 is 1.52 bits per heavy atom. The maximum absolute atomic E-state index is 13.4. The van der Waals surface area contributed by atoms with Gasteiger partial charge < -0.3 is 45.9 Å². The van der Waals surface area contributed by atoms with Crippen molar-refractivity contribution in [1.29, 1.82) is 5.41 Å². The van der Waals surface area contributed by atoms with E-state index in [1.165, 1.54) is 20.3 Å². The summed E-state index contributed by atoms with van der Waals surface area (Å²) in [5.74, 6) is -0.818.